The van der Waals surface area contributed by atoms with Crippen LogP contribution in [0.5, 0.6) is 0 Å². The minimum Gasteiger partial charge on any atom is -0.479 e. The van der Waals surface area contributed by atoms with Crippen LogP contribution >= 0.6 is 0 Å². The van der Waals surface area contributed by atoms with E-state index in [0.29, 0.717) is 6.61 Å². The maximum atomic E-state index is 11.6. The minimum atomic E-state index is -1.35. The second-order valence-corrected chi connectivity index (χ2v) is 3.53. The summed E-state index contributed by atoms with van der Waals surface area (Å²) in [6.07, 6.45) is 1.49. The van der Waals surface area contributed by atoms with E-state index in [4.69, 9.17) is 9.84 Å². The van der Waals surface area contributed by atoms with Gasteiger partial charge in [-0.25, -0.2) is 4.79 Å². The first kappa shape index (κ1) is 10.6. The molecular weight excluding hydrogens is 216 g/mol. The number of aromatic nitrogens is 1. The van der Waals surface area contributed by atoms with E-state index in [-0.39, 0.29) is 18.7 Å². The van der Waals surface area contributed by atoms with Crippen molar-refractivity contribution in [3.05, 3.63) is 18.0 Å². The zero-order valence-corrected chi connectivity index (χ0v) is 8.30. The van der Waals surface area contributed by atoms with Gasteiger partial charge < -0.3 is 19.7 Å². The van der Waals surface area contributed by atoms with Gasteiger partial charge in [-0.2, -0.15) is 0 Å². The number of carboxylic acid groups (broad SMARTS) is 1. The van der Waals surface area contributed by atoms with Crippen LogP contribution < -0.4 is 5.32 Å². The smallest absolute Gasteiger partial charge is 0.331 e. The number of nitrogens with zero attached hydrogens (tertiary/aromatic N) is 1. The number of amides is 1. The number of carboxylic acids is 1. The fraction of sp³-hybridized carbons (Fsp3) is 0.444. The van der Waals surface area contributed by atoms with Crippen LogP contribution in [-0.4, -0.2) is 40.9 Å². The van der Waals surface area contributed by atoms with Crippen molar-refractivity contribution in [3.63, 3.8) is 0 Å². The van der Waals surface area contributed by atoms with E-state index in [9.17, 15) is 9.59 Å². The summed E-state index contributed by atoms with van der Waals surface area (Å²) in [6.45, 7) is 0.275. The van der Waals surface area contributed by atoms with Crippen LogP contribution in [0.1, 0.15) is 16.9 Å². The van der Waals surface area contributed by atoms with Gasteiger partial charge >= 0.3 is 5.97 Å². The molecule has 2 heterocycles. The van der Waals surface area contributed by atoms with Crippen molar-refractivity contribution < 1.29 is 24.0 Å². The number of nitrogens with one attached hydrogen (secondary N) is 1. The van der Waals surface area contributed by atoms with Gasteiger partial charge in [0, 0.05) is 19.1 Å². The summed E-state index contributed by atoms with van der Waals surface area (Å²) in [6, 6.07) is 1.36. The lowest BCUT2D eigenvalue weighted by Crippen LogP contribution is -2.55. The van der Waals surface area contributed by atoms with Crippen LogP contribution in [0.3, 0.4) is 0 Å². The monoisotopic (exact) mass is 226 g/mol. The third-order valence-electron chi connectivity index (χ3n) is 2.45. The molecule has 86 valence electrons. The highest BCUT2D eigenvalue weighted by Gasteiger charge is 2.44. The van der Waals surface area contributed by atoms with Crippen LogP contribution in [0.4, 0.5) is 0 Å². The molecule has 0 aromatic carbocycles. The first-order valence-corrected chi connectivity index (χ1v) is 4.68. The lowest BCUT2D eigenvalue weighted by atomic mass is 9.99. The largest absolute Gasteiger partial charge is 0.479 e. The molecule has 1 saturated heterocycles. The maximum absolute atomic E-state index is 11.6. The van der Waals surface area contributed by atoms with Gasteiger partial charge in [-0.3, -0.25) is 4.79 Å². The first-order chi connectivity index (χ1) is 7.64. The molecule has 1 aliphatic rings. The van der Waals surface area contributed by atoms with E-state index >= 15 is 0 Å². The molecule has 7 heteroatoms. The molecule has 0 bridgehead atoms. The number of hydrogen-bond acceptors (Lipinski definition) is 5. The number of hydrogen-bond donors (Lipinski definition) is 2. The lowest BCUT2D eigenvalue weighted by molar-refractivity contribution is -0.144. The Morgan fingerprint density at radius 1 is 1.56 bits per heavy atom. The zero-order valence-electron chi connectivity index (χ0n) is 8.30. The second-order valence-electron chi connectivity index (χ2n) is 3.53. The van der Waals surface area contributed by atoms with Crippen molar-refractivity contribution in [2.45, 2.75) is 12.0 Å². The molecule has 2 rings (SSSR count). The minimum absolute atomic E-state index is 0.0358. The number of aliphatic carboxylic acids is 1. The number of carbonyl (C=O) groups is 2. The molecule has 7 nitrogen and oxygen atoms in total. The Kier molecular flexibility index (Phi) is 2.61. The fourth-order valence-corrected chi connectivity index (χ4v) is 1.50. The van der Waals surface area contributed by atoms with Gasteiger partial charge in [0.2, 0.25) is 0 Å². The predicted molar refractivity (Wildman–Crippen MR) is 49.8 cm³/mol. The highest BCUT2D eigenvalue weighted by Crippen LogP contribution is 2.19. The maximum Gasteiger partial charge on any atom is 0.331 e. The van der Waals surface area contributed by atoms with Crippen LogP contribution in [0.15, 0.2) is 16.9 Å². The topological polar surface area (TPSA) is 102 Å². The van der Waals surface area contributed by atoms with Crippen LogP contribution in [0.2, 0.25) is 0 Å². The number of carbonyl (C=O) groups excluding carboxylic acids is 1. The average molecular weight is 226 g/mol. The normalized spacial score (nSPS) is 24.2. The molecule has 1 aromatic heterocycles. The molecule has 0 radical (unpaired) electrons. The van der Waals surface area contributed by atoms with Gasteiger partial charge in [0.15, 0.2) is 11.2 Å². The first-order valence-electron chi connectivity index (χ1n) is 4.68. The number of rotatable bonds is 3. The van der Waals surface area contributed by atoms with Crippen LogP contribution in [-0.2, 0) is 9.53 Å². The fourth-order valence-electron chi connectivity index (χ4n) is 1.50. The quantitative estimate of drug-likeness (QED) is 0.730. The Labute approximate surface area is 90.4 Å². The average Bonchev–Trinajstić information content (AvgIpc) is 2.88. The van der Waals surface area contributed by atoms with Gasteiger partial charge in [0.25, 0.3) is 5.91 Å². The van der Waals surface area contributed by atoms with Crippen molar-refractivity contribution in [1.82, 2.24) is 10.5 Å². The third kappa shape index (κ3) is 1.76. The summed E-state index contributed by atoms with van der Waals surface area (Å²) in [7, 11) is 0. The van der Waals surface area contributed by atoms with Crippen molar-refractivity contribution in [2.75, 3.05) is 13.2 Å². The molecule has 1 aromatic rings. The third-order valence-corrected chi connectivity index (χ3v) is 2.45. The van der Waals surface area contributed by atoms with E-state index in [0.717, 1.165) is 0 Å². The van der Waals surface area contributed by atoms with Crippen molar-refractivity contribution in [3.8, 4) is 0 Å². The van der Waals surface area contributed by atoms with Crippen molar-refractivity contribution >= 4 is 11.9 Å². The summed E-state index contributed by atoms with van der Waals surface area (Å²) in [5, 5.41) is 14.9. The molecule has 1 aliphatic heterocycles. The van der Waals surface area contributed by atoms with Crippen LogP contribution in [0, 0.1) is 0 Å². The van der Waals surface area contributed by atoms with Gasteiger partial charge in [0.1, 0.15) is 6.26 Å². The van der Waals surface area contributed by atoms with E-state index < -0.39 is 17.4 Å². The molecular formula is C9H10N2O5. The summed E-state index contributed by atoms with van der Waals surface area (Å²) >= 11 is 0. The lowest BCUT2D eigenvalue weighted by Gasteiger charge is -2.22. The Morgan fingerprint density at radius 3 is 2.88 bits per heavy atom. The van der Waals surface area contributed by atoms with E-state index in [1.807, 2.05) is 0 Å². The molecule has 0 aliphatic carbocycles. The standard InChI is InChI=1S/C9H10N2O5/c12-7(6-1-3-16-11-6)10-9(8(13)14)2-4-15-5-9/h1,3H,2,4-5H2,(H,10,12)(H,13,14). The van der Waals surface area contributed by atoms with Gasteiger partial charge in [-0.1, -0.05) is 5.16 Å². The molecule has 1 unspecified atom stereocenters. The summed E-state index contributed by atoms with van der Waals surface area (Å²) < 4.78 is 9.50. The molecule has 16 heavy (non-hydrogen) atoms. The molecule has 1 fully saturated rings. The Balaban J connectivity index is 2.13. The molecule has 1 amide bonds. The zero-order chi connectivity index (χ0) is 11.6. The highest BCUT2D eigenvalue weighted by atomic mass is 16.5. The summed E-state index contributed by atoms with van der Waals surface area (Å²) in [5.41, 5.74) is -1.30. The summed E-state index contributed by atoms with van der Waals surface area (Å²) in [5.74, 6) is -1.69. The molecule has 1 atom stereocenters. The Bertz CT molecular complexity index is 394. The van der Waals surface area contributed by atoms with Gasteiger partial charge in [0.05, 0.1) is 6.61 Å². The molecule has 0 saturated carbocycles. The second kappa shape index (κ2) is 3.93. The Hall–Kier alpha value is -1.89. The predicted octanol–water partition coefficient (Wildman–Crippen LogP) is -0.352. The number of ether oxygens (including phenoxy) is 1. The van der Waals surface area contributed by atoms with E-state index in [2.05, 4.69) is 15.0 Å². The molecule has 2 N–H and O–H groups in total. The highest BCUT2D eigenvalue weighted by molar-refractivity contribution is 5.96. The van der Waals surface area contributed by atoms with E-state index in [1.54, 1.807) is 0 Å². The molecule has 0 spiro atoms. The Morgan fingerprint density at radius 2 is 2.38 bits per heavy atom. The SMILES string of the molecule is O=C(NC1(C(=O)O)CCOC1)c1ccon1. The van der Waals surface area contributed by atoms with Gasteiger partial charge in [-0.05, 0) is 0 Å². The summed E-state index contributed by atoms with van der Waals surface area (Å²) in [4.78, 5) is 22.7. The van der Waals surface area contributed by atoms with Crippen molar-refractivity contribution in [2.24, 2.45) is 0 Å². The van der Waals surface area contributed by atoms with Crippen molar-refractivity contribution in [1.29, 1.82) is 0 Å². The van der Waals surface area contributed by atoms with E-state index in [1.165, 1.54) is 12.3 Å². The van der Waals surface area contributed by atoms with Gasteiger partial charge in [-0.15, -0.1) is 0 Å². The van der Waals surface area contributed by atoms with Crippen LogP contribution in [0.25, 0.3) is 0 Å².